The van der Waals surface area contributed by atoms with Crippen molar-refractivity contribution >= 4 is 42.5 Å². The lowest BCUT2D eigenvalue weighted by molar-refractivity contribution is -0.151. The third-order valence-corrected chi connectivity index (χ3v) is 10.8. The van der Waals surface area contributed by atoms with Crippen LogP contribution in [0.3, 0.4) is 0 Å². The number of unbranched alkanes of at least 4 members (excludes halogenated alkanes) is 18. The van der Waals surface area contributed by atoms with Gasteiger partial charge in [-0.3, -0.25) is 9.59 Å². The van der Waals surface area contributed by atoms with E-state index in [2.05, 4.69) is 13.8 Å². The molecular weight excluding hydrogens is 481 g/mol. The zero-order valence-corrected chi connectivity index (χ0v) is 25.0. The second-order valence-corrected chi connectivity index (χ2v) is 14.2. The number of hydrogen-bond donors (Lipinski definition) is 1. The smallest absolute Gasteiger partial charge is 0.317 e. The zero-order chi connectivity index (χ0) is 25.3. The van der Waals surface area contributed by atoms with Crippen LogP contribution in [0.1, 0.15) is 156 Å². The van der Waals surface area contributed by atoms with E-state index in [0.29, 0.717) is 6.42 Å². The molecule has 0 spiro atoms. The van der Waals surface area contributed by atoms with Gasteiger partial charge in [0.1, 0.15) is 5.41 Å². The van der Waals surface area contributed by atoms with E-state index in [1.54, 1.807) is 17.7 Å². The highest BCUT2D eigenvalue weighted by molar-refractivity contribution is 9.12. The molecule has 0 fully saturated rings. The normalized spacial score (nSPS) is 13.1. The van der Waals surface area contributed by atoms with Crippen LogP contribution in [-0.2, 0) is 9.59 Å². The maximum absolute atomic E-state index is 12.6. The first-order valence-corrected chi connectivity index (χ1v) is 17.9. The van der Waals surface area contributed by atoms with E-state index in [0.717, 1.165) is 35.8 Å². The Kier molecular flexibility index (Phi) is 25.0. The highest BCUT2D eigenvalue weighted by Gasteiger charge is 2.41. The molecular formula is C28H54O3S3. The minimum absolute atomic E-state index is 0.198. The van der Waals surface area contributed by atoms with Crippen molar-refractivity contribution in [2.75, 3.05) is 5.75 Å². The molecule has 0 bridgehead atoms. The minimum Gasteiger partial charge on any atom is -0.480 e. The highest BCUT2D eigenvalue weighted by Crippen LogP contribution is 2.42. The van der Waals surface area contributed by atoms with Crippen molar-refractivity contribution in [1.29, 1.82) is 0 Å². The lowest BCUT2D eigenvalue weighted by atomic mass is 9.86. The zero-order valence-electron chi connectivity index (χ0n) is 22.5. The molecule has 3 nitrogen and oxygen atoms in total. The van der Waals surface area contributed by atoms with Gasteiger partial charge >= 0.3 is 5.97 Å². The Balaban J connectivity index is 3.76. The highest BCUT2D eigenvalue weighted by atomic mass is 33.5. The molecule has 0 saturated carbocycles. The van der Waals surface area contributed by atoms with Gasteiger partial charge in [-0.2, -0.15) is 0 Å². The summed E-state index contributed by atoms with van der Waals surface area (Å²) < 4.78 is 0. The SMILES string of the molecule is CCCCCCCCCCCCSSSC(=O)C(C)(CCCCCCCCCCCC)C(=O)O. The van der Waals surface area contributed by atoms with E-state index in [9.17, 15) is 14.7 Å². The molecule has 0 aliphatic carbocycles. The summed E-state index contributed by atoms with van der Waals surface area (Å²) in [6.45, 7) is 6.12. The van der Waals surface area contributed by atoms with Crippen LogP contribution >= 0.6 is 31.4 Å². The fourth-order valence-corrected chi connectivity index (χ4v) is 8.01. The lowest BCUT2D eigenvalue weighted by Crippen LogP contribution is -2.34. The Morgan fingerprint density at radius 2 is 1.00 bits per heavy atom. The second kappa shape index (κ2) is 24.9. The molecule has 6 heteroatoms. The van der Waals surface area contributed by atoms with Crippen LogP contribution in [0.5, 0.6) is 0 Å². The molecule has 1 N–H and O–H groups in total. The first-order valence-electron chi connectivity index (χ1n) is 14.2. The van der Waals surface area contributed by atoms with Gasteiger partial charge in [-0.1, -0.05) is 147 Å². The van der Waals surface area contributed by atoms with E-state index < -0.39 is 11.4 Å². The van der Waals surface area contributed by atoms with Gasteiger partial charge in [-0.25, -0.2) is 0 Å². The molecule has 0 rings (SSSR count). The van der Waals surface area contributed by atoms with Crippen LogP contribution in [0.15, 0.2) is 0 Å². The largest absolute Gasteiger partial charge is 0.480 e. The van der Waals surface area contributed by atoms with Gasteiger partial charge in [-0.15, -0.1) is 0 Å². The van der Waals surface area contributed by atoms with E-state index in [4.69, 9.17) is 0 Å². The van der Waals surface area contributed by atoms with E-state index >= 15 is 0 Å². The van der Waals surface area contributed by atoms with Gasteiger partial charge in [0.15, 0.2) is 0 Å². The number of carboxylic acids is 1. The Hall–Kier alpha value is 0.190. The number of carbonyl (C=O) groups is 2. The maximum Gasteiger partial charge on any atom is 0.317 e. The fourth-order valence-electron chi connectivity index (χ4n) is 4.09. The summed E-state index contributed by atoms with van der Waals surface area (Å²) in [6, 6.07) is 0. The second-order valence-electron chi connectivity index (χ2n) is 10.0. The van der Waals surface area contributed by atoms with Crippen LogP contribution < -0.4 is 0 Å². The summed E-state index contributed by atoms with van der Waals surface area (Å²) in [6.07, 6.45) is 25.9. The molecule has 0 radical (unpaired) electrons. The minimum atomic E-state index is -1.25. The number of carboxylic acid groups (broad SMARTS) is 1. The van der Waals surface area contributed by atoms with Crippen molar-refractivity contribution in [2.45, 2.75) is 156 Å². The molecule has 0 aromatic heterocycles. The monoisotopic (exact) mass is 534 g/mol. The Bertz CT molecular complexity index is 488. The van der Waals surface area contributed by atoms with Crippen molar-refractivity contribution in [3.63, 3.8) is 0 Å². The number of rotatable bonds is 26. The van der Waals surface area contributed by atoms with Crippen LogP contribution in [-0.4, -0.2) is 21.9 Å². The third kappa shape index (κ3) is 19.4. The van der Waals surface area contributed by atoms with Gasteiger partial charge in [-0.05, 0) is 40.4 Å². The maximum atomic E-state index is 12.6. The molecule has 0 aliphatic heterocycles. The molecule has 34 heavy (non-hydrogen) atoms. The van der Waals surface area contributed by atoms with Crippen LogP contribution in [0.2, 0.25) is 0 Å². The number of aliphatic carboxylic acids is 1. The first-order chi connectivity index (χ1) is 16.5. The van der Waals surface area contributed by atoms with E-state index in [1.165, 1.54) is 119 Å². The third-order valence-electron chi connectivity index (χ3n) is 6.69. The lowest BCUT2D eigenvalue weighted by Gasteiger charge is -2.22. The predicted molar refractivity (Wildman–Crippen MR) is 157 cm³/mol. The summed E-state index contributed by atoms with van der Waals surface area (Å²) in [5.41, 5.74) is -1.25. The standard InChI is InChI=1S/C28H54O3S3/c1-4-6-8-10-12-14-16-18-20-22-24-28(3,26(29)30)27(31)33-34-32-25-23-21-19-17-15-13-11-9-7-5-2/h4-25H2,1-3H3,(H,29,30). The molecule has 202 valence electrons. The van der Waals surface area contributed by atoms with Crippen molar-refractivity contribution in [3.8, 4) is 0 Å². The van der Waals surface area contributed by atoms with Gasteiger partial charge in [0.2, 0.25) is 5.12 Å². The van der Waals surface area contributed by atoms with Crippen LogP contribution in [0.25, 0.3) is 0 Å². The van der Waals surface area contributed by atoms with E-state index in [-0.39, 0.29) is 5.12 Å². The van der Waals surface area contributed by atoms with Crippen molar-refractivity contribution in [3.05, 3.63) is 0 Å². The summed E-state index contributed by atoms with van der Waals surface area (Å²) in [5, 5.41) is 9.50. The molecule has 0 aromatic rings. The molecule has 0 aliphatic rings. The fraction of sp³-hybridized carbons (Fsp3) is 0.929. The molecule has 1 atom stereocenters. The quantitative estimate of drug-likeness (QED) is 0.0676. The van der Waals surface area contributed by atoms with Crippen molar-refractivity contribution < 1.29 is 14.7 Å². The first kappa shape index (κ1) is 34.2. The summed E-state index contributed by atoms with van der Waals surface area (Å²) in [7, 11) is 4.30. The van der Waals surface area contributed by atoms with Crippen molar-refractivity contribution in [1.82, 2.24) is 0 Å². The van der Waals surface area contributed by atoms with Crippen LogP contribution in [0.4, 0.5) is 0 Å². The predicted octanol–water partition coefficient (Wildman–Crippen LogP) is 10.9. The average molecular weight is 535 g/mol. The van der Waals surface area contributed by atoms with Crippen molar-refractivity contribution in [2.24, 2.45) is 5.41 Å². The van der Waals surface area contributed by atoms with E-state index in [1.807, 2.05) is 0 Å². The molecule has 1 unspecified atom stereocenters. The molecule has 0 aromatic carbocycles. The number of carbonyl (C=O) groups excluding carboxylic acids is 1. The average Bonchev–Trinajstić information content (AvgIpc) is 2.82. The Labute approximate surface area is 223 Å². The molecule has 0 saturated heterocycles. The Morgan fingerprint density at radius 3 is 1.41 bits per heavy atom. The summed E-state index contributed by atoms with van der Waals surface area (Å²) in [4.78, 5) is 24.5. The molecule has 0 heterocycles. The van der Waals surface area contributed by atoms with Gasteiger partial charge in [0.05, 0.1) is 0 Å². The van der Waals surface area contributed by atoms with Gasteiger partial charge < -0.3 is 5.11 Å². The summed E-state index contributed by atoms with van der Waals surface area (Å²) >= 11 is 0. The Morgan fingerprint density at radius 1 is 0.618 bits per heavy atom. The van der Waals surface area contributed by atoms with Gasteiger partial charge in [0.25, 0.3) is 0 Å². The summed E-state index contributed by atoms with van der Waals surface area (Å²) in [5.74, 6) is 0.0603. The van der Waals surface area contributed by atoms with Gasteiger partial charge in [0, 0.05) is 5.75 Å². The topological polar surface area (TPSA) is 54.4 Å². The van der Waals surface area contributed by atoms with Crippen LogP contribution in [0, 0.1) is 5.41 Å². The number of hydrogen-bond acceptors (Lipinski definition) is 5. The molecule has 0 amide bonds.